The van der Waals surface area contributed by atoms with Gasteiger partial charge in [0.2, 0.25) is 5.95 Å². The number of aromatic nitrogens is 3. The van der Waals surface area contributed by atoms with Gasteiger partial charge in [0.15, 0.2) is 0 Å². The van der Waals surface area contributed by atoms with E-state index in [-0.39, 0.29) is 0 Å². The minimum atomic E-state index is 0.651. The molecular formula is C50H31N3S. The Kier molecular flexibility index (Phi) is 7.04. The number of hydrogen-bond donors (Lipinski definition) is 0. The Morgan fingerprint density at radius 3 is 1.85 bits per heavy atom. The molecule has 0 amide bonds. The van der Waals surface area contributed by atoms with Crippen molar-refractivity contribution in [1.82, 2.24) is 14.5 Å². The molecule has 0 unspecified atom stereocenters. The van der Waals surface area contributed by atoms with Crippen LogP contribution in [0.1, 0.15) is 0 Å². The summed E-state index contributed by atoms with van der Waals surface area (Å²) in [6, 6.07) is 67.4. The van der Waals surface area contributed by atoms with E-state index in [1.54, 1.807) is 0 Å². The van der Waals surface area contributed by atoms with Crippen LogP contribution in [-0.4, -0.2) is 14.5 Å². The summed E-state index contributed by atoms with van der Waals surface area (Å²) in [5.41, 5.74) is 12.1. The third-order valence-corrected chi connectivity index (χ3v) is 11.8. The molecule has 252 valence electrons. The van der Waals surface area contributed by atoms with Crippen molar-refractivity contribution in [1.29, 1.82) is 0 Å². The van der Waals surface area contributed by atoms with Gasteiger partial charge in [-0.2, -0.15) is 0 Å². The quantitative estimate of drug-likeness (QED) is 0.178. The fourth-order valence-electron chi connectivity index (χ4n) is 8.07. The second-order valence-electron chi connectivity index (χ2n) is 13.8. The molecule has 0 aliphatic rings. The molecule has 0 radical (unpaired) electrons. The molecular weight excluding hydrogens is 675 g/mol. The molecule has 11 rings (SSSR count). The van der Waals surface area contributed by atoms with Gasteiger partial charge < -0.3 is 0 Å². The second kappa shape index (κ2) is 12.4. The number of benzene rings is 8. The van der Waals surface area contributed by atoms with Crippen molar-refractivity contribution in [3.8, 4) is 50.6 Å². The van der Waals surface area contributed by atoms with Gasteiger partial charge in [-0.3, -0.25) is 4.57 Å². The smallest absolute Gasteiger partial charge is 0.235 e. The standard InChI is InChI=1S/C50H31N3S/c1-3-13-32(14-4-1)35-25-27-45-42(30-35)40-22-12-21-38(37-18-11-17-34(29-37)36-26-28-47-43(31-36)39-19-8-10-24-46(39)54-47)49(40)53(45)50-51-44-23-9-7-20-41(44)48(52-50)33-15-5-2-6-16-33/h1-31H. The summed E-state index contributed by atoms with van der Waals surface area (Å²) in [6.45, 7) is 0. The molecule has 0 saturated carbocycles. The summed E-state index contributed by atoms with van der Waals surface area (Å²) in [4.78, 5) is 10.7. The van der Waals surface area contributed by atoms with Gasteiger partial charge in [-0.1, -0.05) is 146 Å². The first kappa shape index (κ1) is 30.7. The van der Waals surface area contributed by atoms with Gasteiger partial charge in [-0.15, -0.1) is 11.3 Å². The lowest BCUT2D eigenvalue weighted by Gasteiger charge is -2.14. The molecule has 3 nitrogen and oxygen atoms in total. The lowest BCUT2D eigenvalue weighted by Crippen LogP contribution is -2.04. The van der Waals surface area contributed by atoms with Gasteiger partial charge in [-0.25, -0.2) is 9.97 Å². The van der Waals surface area contributed by atoms with E-state index in [1.807, 2.05) is 17.4 Å². The Labute approximate surface area is 316 Å². The van der Waals surface area contributed by atoms with Crippen LogP contribution in [0.2, 0.25) is 0 Å². The van der Waals surface area contributed by atoms with E-state index >= 15 is 0 Å². The Morgan fingerprint density at radius 2 is 0.981 bits per heavy atom. The molecule has 3 aromatic heterocycles. The zero-order chi connectivity index (χ0) is 35.6. The number of hydrogen-bond acceptors (Lipinski definition) is 3. The largest absolute Gasteiger partial charge is 0.277 e. The maximum Gasteiger partial charge on any atom is 0.235 e. The van der Waals surface area contributed by atoms with Gasteiger partial charge in [-0.05, 0) is 70.3 Å². The number of fused-ring (bicyclic) bond motifs is 7. The maximum absolute atomic E-state index is 5.40. The second-order valence-corrected chi connectivity index (χ2v) is 14.9. The highest BCUT2D eigenvalue weighted by Crippen LogP contribution is 2.42. The maximum atomic E-state index is 5.40. The minimum Gasteiger partial charge on any atom is -0.277 e. The van der Waals surface area contributed by atoms with Crippen LogP contribution in [0.25, 0.3) is 103 Å². The first-order valence-corrected chi connectivity index (χ1v) is 19.1. The molecule has 0 N–H and O–H groups in total. The summed E-state index contributed by atoms with van der Waals surface area (Å²) in [6.07, 6.45) is 0. The molecule has 0 fully saturated rings. The topological polar surface area (TPSA) is 30.7 Å². The molecule has 0 aliphatic heterocycles. The SMILES string of the molecule is c1ccc(-c2ccc3c(c2)c2cccc(-c4cccc(-c5ccc6sc7ccccc7c6c5)c4)c2n3-c2nc(-c3ccccc3)c3ccccc3n2)cc1. The summed E-state index contributed by atoms with van der Waals surface area (Å²) in [7, 11) is 0. The van der Waals surface area contributed by atoms with Crippen LogP contribution >= 0.6 is 11.3 Å². The van der Waals surface area contributed by atoms with Crippen LogP contribution in [0.4, 0.5) is 0 Å². The van der Waals surface area contributed by atoms with E-state index in [0.717, 1.165) is 55.1 Å². The van der Waals surface area contributed by atoms with E-state index in [4.69, 9.17) is 9.97 Å². The number of para-hydroxylation sites is 2. The third-order valence-electron chi connectivity index (χ3n) is 10.6. The molecule has 8 aromatic carbocycles. The molecule has 11 aromatic rings. The molecule has 3 heterocycles. The Bertz CT molecular complexity index is 3210. The van der Waals surface area contributed by atoms with Gasteiger partial charge in [0, 0.05) is 47.5 Å². The van der Waals surface area contributed by atoms with Gasteiger partial charge >= 0.3 is 0 Å². The van der Waals surface area contributed by atoms with Crippen molar-refractivity contribution in [2.24, 2.45) is 0 Å². The van der Waals surface area contributed by atoms with Crippen molar-refractivity contribution >= 4 is 64.2 Å². The highest BCUT2D eigenvalue weighted by Gasteiger charge is 2.21. The molecule has 0 bridgehead atoms. The van der Waals surface area contributed by atoms with Crippen molar-refractivity contribution < 1.29 is 0 Å². The highest BCUT2D eigenvalue weighted by atomic mass is 32.1. The average molecular weight is 706 g/mol. The minimum absolute atomic E-state index is 0.651. The summed E-state index contributed by atoms with van der Waals surface area (Å²) < 4.78 is 4.91. The fourth-order valence-corrected chi connectivity index (χ4v) is 9.16. The lowest BCUT2D eigenvalue weighted by molar-refractivity contribution is 1.01. The molecule has 0 spiro atoms. The van der Waals surface area contributed by atoms with E-state index in [2.05, 4.69) is 187 Å². The van der Waals surface area contributed by atoms with Crippen LogP contribution in [0.15, 0.2) is 188 Å². The van der Waals surface area contributed by atoms with E-state index in [9.17, 15) is 0 Å². The van der Waals surface area contributed by atoms with Gasteiger partial charge in [0.25, 0.3) is 0 Å². The van der Waals surface area contributed by atoms with E-state index < -0.39 is 0 Å². The van der Waals surface area contributed by atoms with Crippen molar-refractivity contribution in [2.75, 3.05) is 0 Å². The lowest BCUT2D eigenvalue weighted by atomic mass is 9.96. The highest BCUT2D eigenvalue weighted by molar-refractivity contribution is 7.25. The molecule has 0 atom stereocenters. The third kappa shape index (κ3) is 4.96. The van der Waals surface area contributed by atoms with Crippen LogP contribution in [0, 0.1) is 0 Å². The van der Waals surface area contributed by atoms with Crippen molar-refractivity contribution in [2.45, 2.75) is 0 Å². The summed E-state index contributed by atoms with van der Waals surface area (Å²) >= 11 is 1.85. The van der Waals surface area contributed by atoms with Gasteiger partial charge in [0.1, 0.15) is 0 Å². The summed E-state index contributed by atoms with van der Waals surface area (Å²) in [5, 5.41) is 5.97. The Balaban J connectivity index is 1.17. The number of thiophene rings is 1. The zero-order valence-electron chi connectivity index (χ0n) is 29.1. The normalized spacial score (nSPS) is 11.7. The van der Waals surface area contributed by atoms with Crippen molar-refractivity contribution in [3.05, 3.63) is 188 Å². The zero-order valence-corrected chi connectivity index (χ0v) is 30.0. The van der Waals surface area contributed by atoms with Crippen LogP contribution in [0.5, 0.6) is 0 Å². The number of nitrogens with zero attached hydrogens (tertiary/aromatic N) is 3. The molecule has 4 heteroatoms. The van der Waals surface area contributed by atoms with E-state index in [1.165, 1.54) is 42.4 Å². The molecule has 0 aliphatic carbocycles. The van der Waals surface area contributed by atoms with Crippen molar-refractivity contribution in [3.63, 3.8) is 0 Å². The van der Waals surface area contributed by atoms with Crippen LogP contribution in [0.3, 0.4) is 0 Å². The Morgan fingerprint density at radius 1 is 0.370 bits per heavy atom. The number of rotatable bonds is 5. The molecule has 0 saturated heterocycles. The fraction of sp³-hybridized carbons (Fsp3) is 0. The monoisotopic (exact) mass is 705 g/mol. The summed E-state index contributed by atoms with van der Waals surface area (Å²) in [5.74, 6) is 0.651. The van der Waals surface area contributed by atoms with Crippen LogP contribution < -0.4 is 0 Å². The Hall–Kier alpha value is -6.88. The van der Waals surface area contributed by atoms with Crippen LogP contribution in [-0.2, 0) is 0 Å². The first-order chi connectivity index (χ1) is 26.8. The van der Waals surface area contributed by atoms with Gasteiger partial charge in [0.05, 0.1) is 22.2 Å². The predicted octanol–water partition coefficient (Wildman–Crippen LogP) is 13.8. The first-order valence-electron chi connectivity index (χ1n) is 18.2. The van der Waals surface area contributed by atoms with E-state index in [0.29, 0.717) is 5.95 Å². The predicted molar refractivity (Wildman–Crippen MR) is 229 cm³/mol. The molecule has 54 heavy (non-hydrogen) atoms. The average Bonchev–Trinajstić information content (AvgIpc) is 3.79.